The average molecular weight is 362 g/mol. The predicted molar refractivity (Wildman–Crippen MR) is 95.6 cm³/mol. The molecule has 0 aliphatic carbocycles. The van der Waals surface area contributed by atoms with E-state index in [0.29, 0.717) is 37.7 Å². The molecule has 0 N–H and O–H groups in total. The van der Waals surface area contributed by atoms with E-state index in [9.17, 15) is 9.59 Å². The third-order valence-electron chi connectivity index (χ3n) is 4.96. The van der Waals surface area contributed by atoms with Crippen LogP contribution in [-0.2, 0) is 32.0 Å². The van der Waals surface area contributed by atoms with Crippen molar-refractivity contribution in [1.82, 2.24) is 14.8 Å². The zero-order chi connectivity index (χ0) is 18.7. The minimum absolute atomic E-state index is 0.100. The van der Waals surface area contributed by atoms with Crippen LogP contribution in [0.5, 0.6) is 0 Å². The number of pyridine rings is 1. The third kappa shape index (κ3) is 3.72. The lowest BCUT2D eigenvalue weighted by Gasteiger charge is -2.33. The molecule has 2 aliphatic rings. The van der Waals surface area contributed by atoms with Gasteiger partial charge >= 0.3 is 0 Å². The van der Waals surface area contributed by atoms with Crippen molar-refractivity contribution in [3.8, 4) is 0 Å². The van der Waals surface area contributed by atoms with Gasteiger partial charge < -0.3 is 14.4 Å². The Morgan fingerprint density at radius 3 is 2.69 bits per heavy atom. The number of piperazine rings is 1. The Labute approximate surface area is 153 Å². The molecule has 0 aromatic carbocycles. The molecular weight excluding hydrogens is 336 g/mol. The van der Waals surface area contributed by atoms with Crippen LogP contribution < -0.4 is 4.90 Å². The topological polar surface area (TPSA) is 75.2 Å². The number of methoxy groups -OCH3 is 2. The first-order valence-electron chi connectivity index (χ1n) is 8.84. The van der Waals surface area contributed by atoms with Crippen LogP contribution in [0.2, 0.25) is 0 Å². The van der Waals surface area contributed by atoms with Gasteiger partial charge in [-0.25, -0.2) is 4.98 Å². The van der Waals surface area contributed by atoms with Crippen molar-refractivity contribution in [1.29, 1.82) is 0 Å². The maximum absolute atomic E-state index is 12.4. The summed E-state index contributed by atoms with van der Waals surface area (Å²) in [5, 5.41) is 0. The fourth-order valence-corrected chi connectivity index (χ4v) is 3.54. The van der Waals surface area contributed by atoms with Crippen molar-refractivity contribution < 1.29 is 19.1 Å². The van der Waals surface area contributed by atoms with Crippen molar-refractivity contribution in [3.05, 3.63) is 22.9 Å². The van der Waals surface area contributed by atoms with Crippen LogP contribution in [0.25, 0.3) is 0 Å². The lowest BCUT2D eigenvalue weighted by molar-refractivity contribution is -0.136. The van der Waals surface area contributed by atoms with Gasteiger partial charge in [0.2, 0.25) is 18.6 Å². The molecule has 26 heavy (non-hydrogen) atoms. The molecule has 1 saturated heterocycles. The quantitative estimate of drug-likeness (QED) is 0.544. The molecule has 0 unspecified atom stereocenters. The summed E-state index contributed by atoms with van der Waals surface area (Å²) in [7, 11) is 5.05. The van der Waals surface area contributed by atoms with Crippen LogP contribution in [0.1, 0.15) is 29.5 Å². The fourth-order valence-electron chi connectivity index (χ4n) is 3.54. The molecule has 2 aliphatic heterocycles. The maximum Gasteiger partial charge on any atom is 0.237 e. The van der Waals surface area contributed by atoms with E-state index in [0.717, 1.165) is 36.9 Å². The molecule has 0 atom stereocenters. The first kappa shape index (κ1) is 18.8. The lowest BCUT2D eigenvalue weighted by Crippen LogP contribution is -2.48. The predicted octanol–water partition coefficient (Wildman–Crippen LogP) is 0.556. The van der Waals surface area contributed by atoms with Gasteiger partial charge in [-0.05, 0) is 37.1 Å². The number of anilines is 1. The van der Waals surface area contributed by atoms with E-state index >= 15 is 0 Å². The molecule has 142 valence electrons. The van der Waals surface area contributed by atoms with Crippen molar-refractivity contribution in [3.63, 3.8) is 0 Å². The molecule has 0 spiro atoms. The zero-order valence-corrected chi connectivity index (χ0v) is 15.6. The second-order valence-electron chi connectivity index (χ2n) is 6.77. The minimum atomic E-state index is -0.645. The molecule has 3 rings (SSSR count). The first-order valence-corrected chi connectivity index (χ1v) is 8.84. The van der Waals surface area contributed by atoms with E-state index < -0.39 is 6.29 Å². The molecule has 3 heterocycles. The van der Waals surface area contributed by atoms with E-state index in [4.69, 9.17) is 14.5 Å². The number of nitrogens with zero attached hydrogens (tertiary/aromatic N) is 4. The van der Waals surface area contributed by atoms with E-state index in [2.05, 4.69) is 0 Å². The first-order chi connectivity index (χ1) is 12.6. The number of aryl methyl sites for hydroxylation is 1. The van der Waals surface area contributed by atoms with Crippen molar-refractivity contribution in [2.24, 2.45) is 0 Å². The fraction of sp³-hybridized carbons (Fsp3) is 0.611. The number of amides is 2. The molecule has 8 nitrogen and oxygen atoms in total. The van der Waals surface area contributed by atoms with Gasteiger partial charge in [-0.2, -0.15) is 0 Å². The molecule has 1 aromatic heterocycles. The van der Waals surface area contributed by atoms with Crippen LogP contribution >= 0.6 is 0 Å². The SMILES string of the molecule is COC(OC)c1nc2c(cc1CN1CCN(C)CC1=O)CCCN2C=O. The molecular formula is C18H26N4O4. The smallest absolute Gasteiger partial charge is 0.237 e. The molecule has 0 radical (unpaired) electrons. The van der Waals surface area contributed by atoms with Crippen LogP contribution in [0.4, 0.5) is 5.82 Å². The Morgan fingerprint density at radius 1 is 1.27 bits per heavy atom. The zero-order valence-electron chi connectivity index (χ0n) is 15.6. The van der Waals surface area contributed by atoms with Gasteiger partial charge in [-0.1, -0.05) is 0 Å². The van der Waals surface area contributed by atoms with E-state index in [1.165, 1.54) is 0 Å². The number of hydrogen-bond acceptors (Lipinski definition) is 6. The van der Waals surface area contributed by atoms with Gasteiger partial charge in [-0.3, -0.25) is 19.4 Å². The van der Waals surface area contributed by atoms with Gasteiger partial charge in [0.05, 0.1) is 6.54 Å². The highest BCUT2D eigenvalue weighted by molar-refractivity contribution is 5.79. The van der Waals surface area contributed by atoms with E-state index in [1.54, 1.807) is 19.1 Å². The van der Waals surface area contributed by atoms with Crippen LogP contribution in [0, 0.1) is 0 Å². The van der Waals surface area contributed by atoms with E-state index in [1.807, 2.05) is 22.9 Å². The summed E-state index contributed by atoms with van der Waals surface area (Å²) >= 11 is 0. The van der Waals surface area contributed by atoms with Crippen molar-refractivity contribution in [2.75, 3.05) is 52.3 Å². The number of rotatable bonds is 6. The summed E-state index contributed by atoms with van der Waals surface area (Å²) in [5.74, 6) is 0.761. The van der Waals surface area contributed by atoms with Gasteiger partial charge in [0.15, 0.2) is 0 Å². The summed E-state index contributed by atoms with van der Waals surface area (Å²) in [6.07, 6.45) is 1.93. The second kappa shape index (κ2) is 8.11. The van der Waals surface area contributed by atoms with Gasteiger partial charge in [0.1, 0.15) is 11.5 Å². The summed E-state index contributed by atoms with van der Waals surface area (Å²) in [4.78, 5) is 33.9. The second-order valence-corrected chi connectivity index (χ2v) is 6.77. The summed E-state index contributed by atoms with van der Waals surface area (Å²) in [5.41, 5.74) is 2.55. The standard InChI is InChI=1S/C18H26N4O4/c1-20-7-8-21(15(24)11-20)10-14-9-13-5-4-6-22(12-23)17(13)19-16(14)18(25-2)26-3/h9,12,18H,4-8,10-11H2,1-3H3. The lowest BCUT2D eigenvalue weighted by atomic mass is 10.0. The molecule has 0 bridgehead atoms. The number of likely N-dealkylation sites (N-methyl/N-ethyl adjacent to an activating group) is 1. The third-order valence-corrected chi connectivity index (χ3v) is 4.96. The summed E-state index contributed by atoms with van der Waals surface area (Å²) < 4.78 is 10.8. The summed E-state index contributed by atoms with van der Waals surface area (Å²) in [6, 6.07) is 2.05. The highest BCUT2D eigenvalue weighted by Crippen LogP contribution is 2.31. The minimum Gasteiger partial charge on any atom is -0.350 e. The number of hydrogen-bond donors (Lipinski definition) is 0. The summed E-state index contributed by atoms with van der Waals surface area (Å²) in [6.45, 7) is 3.06. The normalized spacial score (nSPS) is 18.4. The average Bonchev–Trinajstić information content (AvgIpc) is 2.64. The Kier molecular flexibility index (Phi) is 5.85. The van der Waals surface area contributed by atoms with Crippen LogP contribution in [-0.4, -0.2) is 74.5 Å². The van der Waals surface area contributed by atoms with Crippen molar-refractivity contribution in [2.45, 2.75) is 25.7 Å². The van der Waals surface area contributed by atoms with Crippen molar-refractivity contribution >= 4 is 18.1 Å². The molecule has 8 heteroatoms. The number of fused-ring (bicyclic) bond motifs is 1. The molecule has 2 amide bonds. The Balaban J connectivity index is 1.97. The number of carbonyl (C=O) groups excluding carboxylic acids is 2. The number of ether oxygens (including phenoxy) is 2. The Bertz CT molecular complexity index is 677. The highest BCUT2D eigenvalue weighted by atomic mass is 16.7. The van der Waals surface area contributed by atoms with Gasteiger partial charge in [0, 0.05) is 40.4 Å². The van der Waals surface area contributed by atoms with E-state index in [-0.39, 0.29) is 5.91 Å². The van der Waals surface area contributed by atoms with Crippen LogP contribution in [0.3, 0.4) is 0 Å². The number of aromatic nitrogens is 1. The Morgan fingerprint density at radius 2 is 2.04 bits per heavy atom. The van der Waals surface area contributed by atoms with Gasteiger partial charge in [-0.15, -0.1) is 0 Å². The van der Waals surface area contributed by atoms with Crippen LogP contribution in [0.15, 0.2) is 6.07 Å². The highest BCUT2D eigenvalue weighted by Gasteiger charge is 2.28. The molecule has 0 saturated carbocycles. The largest absolute Gasteiger partial charge is 0.350 e. The van der Waals surface area contributed by atoms with Gasteiger partial charge in [0.25, 0.3) is 0 Å². The number of carbonyl (C=O) groups is 2. The molecule has 1 fully saturated rings. The maximum atomic E-state index is 12.4. The monoisotopic (exact) mass is 362 g/mol. The Hall–Kier alpha value is -2.03. The molecule has 1 aromatic rings.